The molecule has 0 bridgehead atoms. The molecule has 1 fully saturated rings. The smallest absolute Gasteiger partial charge is 0.255 e. The van der Waals surface area contributed by atoms with Gasteiger partial charge in [0.2, 0.25) is 12.7 Å². The van der Waals surface area contributed by atoms with Gasteiger partial charge in [0.15, 0.2) is 11.5 Å². The zero-order valence-corrected chi connectivity index (χ0v) is 18.6. The van der Waals surface area contributed by atoms with Crippen molar-refractivity contribution in [3.8, 4) is 11.5 Å². The predicted octanol–water partition coefficient (Wildman–Crippen LogP) is 2.47. The third-order valence-electron chi connectivity index (χ3n) is 5.76. The van der Waals surface area contributed by atoms with Crippen LogP contribution in [-0.2, 0) is 22.7 Å². The van der Waals surface area contributed by atoms with Gasteiger partial charge in [-0.1, -0.05) is 6.07 Å². The first-order valence-corrected chi connectivity index (χ1v) is 11.2. The summed E-state index contributed by atoms with van der Waals surface area (Å²) in [5.74, 6) is 0.823. The van der Waals surface area contributed by atoms with Gasteiger partial charge in [-0.05, 0) is 42.7 Å². The van der Waals surface area contributed by atoms with Crippen LogP contribution in [0.5, 0.6) is 11.5 Å². The number of carbonyl (C=O) groups excluding carboxylic acids is 2. The molecule has 3 aromatic rings. The Bertz CT molecular complexity index is 1170. The molecule has 0 spiro atoms. The van der Waals surface area contributed by atoms with Crippen molar-refractivity contribution >= 4 is 17.5 Å². The van der Waals surface area contributed by atoms with Crippen molar-refractivity contribution in [1.82, 2.24) is 19.7 Å². The van der Waals surface area contributed by atoms with E-state index in [1.165, 1.54) is 10.9 Å². The Labute approximate surface area is 196 Å². The number of nitrogens with one attached hydrogen (secondary N) is 1. The Hall–Kier alpha value is -3.92. The van der Waals surface area contributed by atoms with Crippen molar-refractivity contribution in [3.63, 3.8) is 0 Å². The monoisotopic (exact) mass is 463 g/mol. The maximum Gasteiger partial charge on any atom is 0.255 e. The Morgan fingerprint density at radius 1 is 1.18 bits per heavy atom. The second kappa shape index (κ2) is 9.92. The first-order valence-electron chi connectivity index (χ1n) is 11.2. The summed E-state index contributed by atoms with van der Waals surface area (Å²) in [5.41, 5.74) is 1.96. The minimum Gasteiger partial charge on any atom is -0.454 e. The number of rotatable bonds is 7. The molecule has 2 aliphatic heterocycles. The van der Waals surface area contributed by atoms with Gasteiger partial charge < -0.3 is 24.4 Å². The van der Waals surface area contributed by atoms with Gasteiger partial charge in [-0.15, -0.1) is 0 Å². The minimum absolute atomic E-state index is 0.00734. The lowest BCUT2D eigenvalue weighted by Gasteiger charge is -2.32. The molecule has 4 heterocycles. The van der Waals surface area contributed by atoms with E-state index >= 15 is 0 Å². The van der Waals surface area contributed by atoms with Gasteiger partial charge in [0.25, 0.3) is 5.91 Å². The molecule has 5 rings (SSSR count). The van der Waals surface area contributed by atoms with Crippen LogP contribution in [0.1, 0.15) is 28.8 Å². The quantitative estimate of drug-likeness (QED) is 0.573. The largest absolute Gasteiger partial charge is 0.454 e. The molecule has 1 saturated heterocycles. The number of aromatic nitrogens is 3. The van der Waals surface area contributed by atoms with Crippen LogP contribution in [0.4, 0.5) is 5.69 Å². The summed E-state index contributed by atoms with van der Waals surface area (Å²) in [7, 11) is 0. The Morgan fingerprint density at radius 2 is 2.09 bits per heavy atom. The molecule has 176 valence electrons. The van der Waals surface area contributed by atoms with Gasteiger partial charge in [0.1, 0.15) is 6.54 Å². The van der Waals surface area contributed by atoms with Crippen LogP contribution in [0.3, 0.4) is 0 Å². The summed E-state index contributed by atoms with van der Waals surface area (Å²) in [6.07, 6.45) is 8.48. The van der Waals surface area contributed by atoms with Gasteiger partial charge >= 0.3 is 0 Å². The van der Waals surface area contributed by atoms with Gasteiger partial charge in [0, 0.05) is 37.2 Å². The van der Waals surface area contributed by atoms with E-state index in [0.29, 0.717) is 42.4 Å². The lowest BCUT2D eigenvalue weighted by atomic mass is 10.1. The van der Waals surface area contributed by atoms with Crippen molar-refractivity contribution < 1.29 is 23.8 Å². The number of fused-ring (bicyclic) bond motifs is 1. The zero-order valence-electron chi connectivity index (χ0n) is 18.6. The highest BCUT2D eigenvalue weighted by molar-refractivity contribution is 6.04. The Kier molecular flexibility index (Phi) is 6.39. The van der Waals surface area contributed by atoms with Gasteiger partial charge in [0.05, 0.1) is 24.6 Å². The first-order chi connectivity index (χ1) is 16.6. The highest BCUT2D eigenvalue weighted by Gasteiger charge is 2.24. The molecule has 0 radical (unpaired) electrons. The van der Waals surface area contributed by atoms with Crippen LogP contribution in [0.25, 0.3) is 0 Å². The Balaban J connectivity index is 1.12. The number of hydrogen-bond acceptors (Lipinski definition) is 7. The van der Waals surface area contributed by atoms with Gasteiger partial charge in [-0.25, -0.2) is 0 Å². The summed E-state index contributed by atoms with van der Waals surface area (Å²) < 4.78 is 18.1. The maximum atomic E-state index is 12.8. The number of anilines is 1. The number of benzene rings is 1. The molecule has 1 atom stereocenters. The fraction of sp³-hybridized carbons (Fsp3) is 0.333. The van der Waals surface area contributed by atoms with Crippen LogP contribution in [0.15, 0.2) is 55.1 Å². The number of ether oxygens (including phenoxy) is 3. The van der Waals surface area contributed by atoms with Crippen LogP contribution in [-0.4, -0.2) is 57.5 Å². The Morgan fingerprint density at radius 3 is 2.97 bits per heavy atom. The second-order valence-corrected chi connectivity index (χ2v) is 8.23. The fourth-order valence-electron chi connectivity index (χ4n) is 3.99. The fourth-order valence-corrected chi connectivity index (χ4v) is 3.99. The van der Waals surface area contributed by atoms with E-state index in [4.69, 9.17) is 14.2 Å². The van der Waals surface area contributed by atoms with Crippen LogP contribution in [0, 0.1) is 0 Å². The summed E-state index contributed by atoms with van der Waals surface area (Å²) in [4.78, 5) is 31.3. The van der Waals surface area contributed by atoms with Crippen molar-refractivity contribution in [2.24, 2.45) is 0 Å². The van der Waals surface area contributed by atoms with E-state index in [0.717, 1.165) is 18.4 Å². The molecule has 2 aromatic heterocycles. The molecular weight excluding hydrogens is 438 g/mol. The first kappa shape index (κ1) is 21.9. The molecule has 10 heteroatoms. The highest BCUT2D eigenvalue weighted by Crippen LogP contribution is 2.32. The molecule has 0 aliphatic carbocycles. The van der Waals surface area contributed by atoms with Crippen LogP contribution < -0.4 is 14.8 Å². The van der Waals surface area contributed by atoms with Gasteiger partial charge in [-0.3, -0.25) is 19.3 Å². The summed E-state index contributed by atoms with van der Waals surface area (Å²) in [6.45, 7) is 1.96. The molecule has 1 unspecified atom stereocenters. The average Bonchev–Trinajstić information content (AvgIpc) is 3.52. The van der Waals surface area contributed by atoms with E-state index in [1.54, 1.807) is 36.8 Å². The number of amides is 2. The third kappa shape index (κ3) is 5.18. The number of likely N-dealkylation sites (tertiary alicyclic amines) is 1. The SMILES string of the molecule is O=C(Nc1cnn(CC(=O)N2CCCC(OCc3cccnc3)C2)c1)c1ccc2c(c1)OCO2. The van der Waals surface area contributed by atoms with E-state index in [1.807, 2.05) is 17.0 Å². The molecule has 2 aliphatic rings. The lowest BCUT2D eigenvalue weighted by molar-refractivity contribution is -0.136. The number of nitrogens with zero attached hydrogens (tertiary/aromatic N) is 4. The molecule has 0 saturated carbocycles. The average molecular weight is 463 g/mol. The topological polar surface area (TPSA) is 108 Å². The maximum absolute atomic E-state index is 12.8. The molecular formula is C24H25N5O5. The zero-order chi connectivity index (χ0) is 23.3. The van der Waals surface area contributed by atoms with Crippen molar-refractivity contribution in [2.75, 3.05) is 25.2 Å². The third-order valence-corrected chi connectivity index (χ3v) is 5.76. The van der Waals surface area contributed by atoms with Crippen molar-refractivity contribution in [1.29, 1.82) is 0 Å². The van der Waals surface area contributed by atoms with Crippen LogP contribution >= 0.6 is 0 Å². The molecule has 1 aromatic carbocycles. The summed E-state index contributed by atoms with van der Waals surface area (Å²) in [5, 5.41) is 7.02. The minimum atomic E-state index is -0.297. The number of piperidine rings is 1. The molecule has 2 amide bonds. The number of pyridine rings is 1. The van der Waals surface area contributed by atoms with Gasteiger partial charge in [-0.2, -0.15) is 5.10 Å². The van der Waals surface area contributed by atoms with Crippen LogP contribution in [0.2, 0.25) is 0 Å². The standard InChI is InChI=1S/C24H25N5O5/c30-23(28-8-2-4-20(13-28)32-15-17-3-1-7-25-10-17)14-29-12-19(11-26-29)27-24(31)18-5-6-21-22(9-18)34-16-33-21/h1,3,5-7,9-12,20H,2,4,8,13-16H2,(H,27,31). The normalized spacial score (nSPS) is 16.9. The second-order valence-electron chi connectivity index (χ2n) is 8.23. The summed E-state index contributed by atoms with van der Waals surface area (Å²) >= 11 is 0. The molecule has 10 nitrogen and oxygen atoms in total. The van der Waals surface area contributed by atoms with E-state index in [9.17, 15) is 9.59 Å². The van der Waals surface area contributed by atoms with Crippen molar-refractivity contribution in [3.05, 3.63) is 66.2 Å². The number of carbonyl (C=O) groups is 2. The van der Waals surface area contributed by atoms with E-state index in [2.05, 4.69) is 15.4 Å². The summed E-state index contributed by atoms with van der Waals surface area (Å²) in [6, 6.07) is 8.85. The van der Waals surface area contributed by atoms with E-state index < -0.39 is 0 Å². The van der Waals surface area contributed by atoms with E-state index in [-0.39, 0.29) is 31.3 Å². The highest BCUT2D eigenvalue weighted by atomic mass is 16.7. The lowest BCUT2D eigenvalue weighted by Crippen LogP contribution is -2.44. The number of hydrogen-bond donors (Lipinski definition) is 1. The predicted molar refractivity (Wildman–Crippen MR) is 121 cm³/mol. The van der Waals surface area contributed by atoms with Crippen molar-refractivity contribution in [2.45, 2.75) is 32.1 Å². The molecule has 34 heavy (non-hydrogen) atoms. The molecule has 1 N–H and O–H groups in total.